The highest BCUT2D eigenvalue weighted by Gasteiger charge is 2.20. The van der Waals surface area contributed by atoms with Crippen molar-refractivity contribution >= 4 is 17.8 Å². The number of urea groups is 1. The van der Waals surface area contributed by atoms with Gasteiger partial charge >= 0.3 is 6.03 Å². The first-order valence-corrected chi connectivity index (χ1v) is 9.10. The zero-order valence-corrected chi connectivity index (χ0v) is 13.9. The second-order valence-corrected chi connectivity index (χ2v) is 6.46. The van der Waals surface area contributed by atoms with E-state index in [4.69, 9.17) is 0 Å². The molecule has 1 fully saturated rings. The predicted molar refractivity (Wildman–Crippen MR) is 91.6 cm³/mol. The summed E-state index contributed by atoms with van der Waals surface area (Å²) in [5.41, 5.74) is 1.11. The van der Waals surface area contributed by atoms with Crippen LogP contribution in [0.5, 0.6) is 5.75 Å². The highest BCUT2D eigenvalue weighted by atomic mass is 32.2. The van der Waals surface area contributed by atoms with Gasteiger partial charge < -0.3 is 15.3 Å². The molecule has 0 radical (unpaired) electrons. The van der Waals surface area contributed by atoms with Crippen molar-refractivity contribution in [3.8, 4) is 5.75 Å². The standard InChI is InChI=1S/C16H25N3O2S/c1-22-13-12-18-8-10-19(11-9-18)16(21)17-7-6-14-2-4-15(20)5-3-14/h2-5,20H,6-13H2,1H3,(H,17,21). The molecule has 22 heavy (non-hydrogen) atoms. The van der Waals surface area contributed by atoms with E-state index in [1.54, 1.807) is 12.1 Å². The Morgan fingerprint density at radius 2 is 1.91 bits per heavy atom. The van der Waals surface area contributed by atoms with Crippen molar-refractivity contribution in [3.63, 3.8) is 0 Å². The SMILES string of the molecule is CSCCN1CCN(C(=O)NCCc2ccc(O)cc2)CC1. The van der Waals surface area contributed by atoms with Crippen LogP contribution >= 0.6 is 11.8 Å². The van der Waals surface area contributed by atoms with Gasteiger partial charge in [0.1, 0.15) is 5.75 Å². The van der Waals surface area contributed by atoms with E-state index >= 15 is 0 Å². The summed E-state index contributed by atoms with van der Waals surface area (Å²) in [5, 5.41) is 12.2. The molecule has 6 heteroatoms. The molecule has 0 atom stereocenters. The van der Waals surface area contributed by atoms with Crippen molar-refractivity contribution in [2.24, 2.45) is 0 Å². The summed E-state index contributed by atoms with van der Waals surface area (Å²) >= 11 is 1.86. The normalized spacial score (nSPS) is 15.8. The monoisotopic (exact) mass is 323 g/mol. The Morgan fingerprint density at radius 1 is 1.23 bits per heavy atom. The molecule has 2 amide bonds. The molecule has 0 spiro atoms. The van der Waals surface area contributed by atoms with Gasteiger partial charge in [0, 0.05) is 45.0 Å². The van der Waals surface area contributed by atoms with Crippen LogP contribution in [0.1, 0.15) is 5.56 Å². The van der Waals surface area contributed by atoms with Crippen LogP contribution in [-0.2, 0) is 6.42 Å². The number of carbonyl (C=O) groups is 1. The van der Waals surface area contributed by atoms with Crippen molar-refractivity contribution in [2.75, 3.05) is 51.3 Å². The van der Waals surface area contributed by atoms with Crippen LogP contribution in [0.25, 0.3) is 0 Å². The molecule has 1 aromatic rings. The molecule has 0 saturated carbocycles. The fourth-order valence-corrected chi connectivity index (χ4v) is 2.92. The number of hydrogen-bond acceptors (Lipinski definition) is 4. The molecule has 1 aliphatic rings. The van der Waals surface area contributed by atoms with Crippen LogP contribution in [0.4, 0.5) is 4.79 Å². The molecule has 1 saturated heterocycles. The van der Waals surface area contributed by atoms with Crippen molar-refractivity contribution in [1.29, 1.82) is 0 Å². The largest absolute Gasteiger partial charge is 0.508 e. The lowest BCUT2D eigenvalue weighted by molar-refractivity contribution is 0.144. The number of nitrogens with zero attached hydrogens (tertiary/aromatic N) is 2. The minimum absolute atomic E-state index is 0.0308. The Hall–Kier alpha value is -1.40. The van der Waals surface area contributed by atoms with E-state index in [9.17, 15) is 9.90 Å². The first-order valence-electron chi connectivity index (χ1n) is 7.71. The number of phenolic OH excluding ortho intramolecular Hbond substituents is 1. The summed E-state index contributed by atoms with van der Waals surface area (Å²) < 4.78 is 0. The molecule has 1 heterocycles. The average molecular weight is 323 g/mol. The maximum absolute atomic E-state index is 12.1. The lowest BCUT2D eigenvalue weighted by Crippen LogP contribution is -2.52. The highest BCUT2D eigenvalue weighted by Crippen LogP contribution is 2.09. The van der Waals surface area contributed by atoms with Gasteiger partial charge in [-0.2, -0.15) is 11.8 Å². The third-order valence-electron chi connectivity index (χ3n) is 3.90. The van der Waals surface area contributed by atoms with Gasteiger partial charge in [0.05, 0.1) is 0 Å². The van der Waals surface area contributed by atoms with Crippen LogP contribution < -0.4 is 5.32 Å². The Balaban J connectivity index is 1.64. The van der Waals surface area contributed by atoms with Gasteiger partial charge in [-0.05, 0) is 30.4 Å². The van der Waals surface area contributed by atoms with E-state index in [0.29, 0.717) is 6.54 Å². The number of phenols is 1. The average Bonchev–Trinajstić information content (AvgIpc) is 2.55. The van der Waals surface area contributed by atoms with E-state index in [0.717, 1.165) is 50.5 Å². The second-order valence-electron chi connectivity index (χ2n) is 5.47. The Labute approximate surface area is 136 Å². The van der Waals surface area contributed by atoms with Gasteiger partial charge in [-0.1, -0.05) is 12.1 Å². The van der Waals surface area contributed by atoms with Crippen LogP contribution in [0, 0.1) is 0 Å². The molecule has 0 bridgehead atoms. The summed E-state index contributed by atoms with van der Waals surface area (Å²) in [6.45, 7) is 5.27. The molecular weight excluding hydrogens is 298 g/mol. The van der Waals surface area contributed by atoms with E-state index < -0.39 is 0 Å². The van der Waals surface area contributed by atoms with Crippen LogP contribution in [0.2, 0.25) is 0 Å². The molecule has 0 aliphatic carbocycles. The maximum atomic E-state index is 12.1. The van der Waals surface area contributed by atoms with Crippen LogP contribution in [0.15, 0.2) is 24.3 Å². The topological polar surface area (TPSA) is 55.8 Å². The number of rotatable bonds is 6. The van der Waals surface area contributed by atoms with Crippen LogP contribution in [0.3, 0.4) is 0 Å². The number of piperazine rings is 1. The minimum atomic E-state index is 0.0308. The molecule has 0 aromatic heterocycles. The van der Waals surface area contributed by atoms with Gasteiger partial charge in [-0.25, -0.2) is 4.79 Å². The third-order valence-corrected chi connectivity index (χ3v) is 4.49. The number of amides is 2. The van der Waals surface area contributed by atoms with Crippen LogP contribution in [-0.4, -0.2) is 72.2 Å². The summed E-state index contributed by atoms with van der Waals surface area (Å²) in [6.07, 6.45) is 2.90. The minimum Gasteiger partial charge on any atom is -0.508 e. The van der Waals surface area contributed by atoms with Gasteiger partial charge in [0.15, 0.2) is 0 Å². The Kier molecular flexibility index (Phi) is 6.86. The zero-order chi connectivity index (χ0) is 15.8. The zero-order valence-electron chi connectivity index (χ0n) is 13.1. The Bertz CT molecular complexity index is 459. The number of hydrogen-bond donors (Lipinski definition) is 2. The lowest BCUT2D eigenvalue weighted by Gasteiger charge is -2.34. The fourth-order valence-electron chi connectivity index (χ4n) is 2.48. The van der Waals surface area contributed by atoms with Gasteiger partial charge in [-0.3, -0.25) is 4.90 Å². The predicted octanol–water partition coefficient (Wildman–Crippen LogP) is 1.62. The Morgan fingerprint density at radius 3 is 2.55 bits per heavy atom. The summed E-state index contributed by atoms with van der Waals surface area (Å²) in [6, 6.07) is 7.14. The van der Waals surface area contributed by atoms with E-state index in [1.165, 1.54) is 0 Å². The maximum Gasteiger partial charge on any atom is 0.317 e. The first-order chi connectivity index (χ1) is 10.7. The molecule has 122 valence electrons. The molecule has 0 unspecified atom stereocenters. The van der Waals surface area contributed by atoms with Crippen molar-refractivity contribution < 1.29 is 9.90 Å². The second kappa shape index (κ2) is 8.90. The fraction of sp³-hybridized carbons (Fsp3) is 0.562. The number of thioether (sulfide) groups is 1. The number of carbonyl (C=O) groups excluding carboxylic acids is 1. The summed E-state index contributed by atoms with van der Waals surface area (Å²) in [7, 11) is 0. The van der Waals surface area contributed by atoms with E-state index in [2.05, 4.69) is 16.5 Å². The molecule has 2 rings (SSSR count). The van der Waals surface area contributed by atoms with Crippen molar-refractivity contribution in [3.05, 3.63) is 29.8 Å². The summed E-state index contributed by atoms with van der Waals surface area (Å²) in [4.78, 5) is 16.4. The first kappa shape index (κ1) is 17.0. The van der Waals surface area contributed by atoms with E-state index in [-0.39, 0.29) is 11.8 Å². The quantitative estimate of drug-likeness (QED) is 0.835. The molecular formula is C16H25N3O2S. The summed E-state index contributed by atoms with van der Waals surface area (Å²) in [5.74, 6) is 1.42. The van der Waals surface area contributed by atoms with Gasteiger partial charge in [0.25, 0.3) is 0 Å². The number of nitrogens with one attached hydrogen (secondary N) is 1. The molecule has 1 aromatic carbocycles. The van der Waals surface area contributed by atoms with Crippen molar-refractivity contribution in [2.45, 2.75) is 6.42 Å². The smallest absolute Gasteiger partial charge is 0.317 e. The van der Waals surface area contributed by atoms with Gasteiger partial charge in [-0.15, -0.1) is 0 Å². The van der Waals surface area contributed by atoms with Gasteiger partial charge in [0.2, 0.25) is 0 Å². The number of benzene rings is 1. The molecule has 5 nitrogen and oxygen atoms in total. The lowest BCUT2D eigenvalue weighted by atomic mass is 10.1. The molecule has 1 aliphatic heterocycles. The van der Waals surface area contributed by atoms with Crippen molar-refractivity contribution in [1.82, 2.24) is 15.1 Å². The van der Waals surface area contributed by atoms with E-state index in [1.807, 2.05) is 28.8 Å². The highest BCUT2D eigenvalue weighted by molar-refractivity contribution is 7.98. The number of aromatic hydroxyl groups is 1. The third kappa shape index (κ3) is 5.42. The molecule has 2 N–H and O–H groups in total.